The molecule has 1 aliphatic rings. The molecule has 2 aromatic carbocycles. The Morgan fingerprint density at radius 2 is 1.97 bits per heavy atom. The predicted octanol–water partition coefficient (Wildman–Crippen LogP) is 5.86. The number of hydrogen-bond acceptors (Lipinski definition) is 5. The highest BCUT2D eigenvalue weighted by Gasteiger charge is 2.31. The van der Waals surface area contributed by atoms with E-state index < -0.39 is 0 Å². The summed E-state index contributed by atoms with van der Waals surface area (Å²) in [7, 11) is 1.62. The second-order valence-corrected chi connectivity index (χ2v) is 9.57. The summed E-state index contributed by atoms with van der Waals surface area (Å²) in [6.07, 6.45) is 4.70. The summed E-state index contributed by atoms with van der Waals surface area (Å²) in [5, 5.41) is 2.89. The molecule has 1 aliphatic heterocycles. The van der Waals surface area contributed by atoms with Crippen LogP contribution < -0.4 is 10.1 Å². The number of amides is 2. The number of carbonyl (C=O) groups excluding carboxylic acids is 2. The first-order chi connectivity index (χ1) is 15.0. The lowest BCUT2D eigenvalue weighted by molar-refractivity contribution is -0.122. The zero-order chi connectivity index (χ0) is 22.2. The highest BCUT2D eigenvalue weighted by Crippen LogP contribution is 2.33. The highest BCUT2D eigenvalue weighted by molar-refractivity contribution is 9.10. The number of thiocarbonyl (C=S) groups is 1. The minimum atomic E-state index is -0.0572. The number of anilines is 1. The van der Waals surface area contributed by atoms with Crippen molar-refractivity contribution in [1.29, 1.82) is 0 Å². The molecule has 0 aliphatic carbocycles. The van der Waals surface area contributed by atoms with Gasteiger partial charge in [-0.15, -0.1) is 0 Å². The molecule has 1 fully saturated rings. The number of hydrogen-bond donors (Lipinski definition) is 1. The number of nitrogens with zero attached hydrogens (tertiary/aromatic N) is 1. The third kappa shape index (κ3) is 6.92. The zero-order valence-electron chi connectivity index (χ0n) is 17.1. The van der Waals surface area contributed by atoms with Crippen LogP contribution in [0.1, 0.15) is 31.2 Å². The number of nitrogens with one attached hydrogen (secondary N) is 1. The van der Waals surface area contributed by atoms with Crippen molar-refractivity contribution >= 4 is 67.8 Å². The SMILES string of the molecule is COc1ccc(/C=C2\SC(=S)N(CCCCCC(=O)Nc3cccc(Br)c3)C2=O)cc1. The van der Waals surface area contributed by atoms with Crippen LogP contribution in [0.15, 0.2) is 57.9 Å². The number of carbonyl (C=O) groups is 2. The molecule has 1 N–H and O–H groups in total. The molecule has 5 nitrogen and oxygen atoms in total. The van der Waals surface area contributed by atoms with Crippen molar-refractivity contribution in [1.82, 2.24) is 4.90 Å². The van der Waals surface area contributed by atoms with E-state index in [4.69, 9.17) is 17.0 Å². The standard InChI is InChI=1S/C23H23BrN2O3S2/c1-29-19-11-9-16(10-12-19)14-20-22(28)26(23(30)31-20)13-4-2-3-8-21(27)25-18-7-5-6-17(24)15-18/h5-7,9-12,14-15H,2-4,8,13H2,1H3,(H,25,27)/b20-14-. The fraction of sp³-hybridized carbons (Fsp3) is 0.261. The Labute approximate surface area is 200 Å². The second-order valence-electron chi connectivity index (χ2n) is 6.98. The highest BCUT2D eigenvalue weighted by atomic mass is 79.9. The van der Waals surface area contributed by atoms with Crippen LogP contribution in [0.5, 0.6) is 5.75 Å². The molecule has 0 aromatic heterocycles. The molecular formula is C23H23BrN2O3S2. The first-order valence-electron chi connectivity index (χ1n) is 9.91. The number of unbranched alkanes of at least 4 members (excludes halogenated alkanes) is 2. The average molecular weight is 519 g/mol. The molecule has 0 saturated carbocycles. The summed E-state index contributed by atoms with van der Waals surface area (Å²) in [6.45, 7) is 0.567. The quantitative estimate of drug-likeness (QED) is 0.256. The van der Waals surface area contributed by atoms with Crippen LogP contribution in [-0.2, 0) is 9.59 Å². The molecular weight excluding hydrogens is 496 g/mol. The maximum atomic E-state index is 12.7. The van der Waals surface area contributed by atoms with Gasteiger partial charge in [0, 0.05) is 23.1 Å². The first-order valence-corrected chi connectivity index (χ1v) is 11.9. The van der Waals surface area contributed by atoms with Crippen LogP contribution in [0.4, 0.5) is 5.69 Å². The van der Waals surface area contributed by atoms with Gasteiger partial charge in [0.15, 0.2) is 0 Å². The summed E-state index contributed by atoms with van der Waals surface area (Å²) < 4.78 is 6.67. The molecule has 3 rings (SSSR count). The van der Waals surface area contributed by atoms with Gasteiger partial charge in [-0.3, -0.25) is 14.5 Å². The number of thioether (sulfide) groups is 1. The molecule has 0 bridgehead atoms. The third-order valence-corrected chi connectivity index (χ3v) is 6.55. The summed E-state index contributed by atoms with van der Waals surface area (Å²) in [4.78, 5) is 27.1. The van der Waals surface area contributed by atoms with E-state index in [1.165, 1.54) is 11.8 Å². The summed E-state index contributed by atoms with van der Waals surface area (Å²) >= 11 is 10.1. The molecule has 0 atom stereocenters. The molecule has 0 spiro atoms. The van der Waals surface area contributed by atoms with Gasteiger partial charge in [0.05, 0.1) is 12.0 Å². The Balaban J connectivity index is 1.42. The Bertz CT molecular complexity index is 993. The minimum absolute atomic E-state index is 0.00821. The summed E-state index contributed by atoms with van der Waals surface area (Å²) in [5.41, 5.74) is 1.71. The molecule has 8 heteroatoms. The minimum Gasteiger partial charge on any atom is -0.497 e. The van der Waals surface area contributed by atoms with Gasteiger partial charge in [-0.1, -0.05) is 64.5 Å². The molecule has 1 heterocycles. The van der Waals surface area contributed by atoms with Crippen molar-refractivity contribution in [3.05, 3.63) is 63.5 Å². The summed E-state index contributed by atoms with van der Waals surface area (Å²) in [6, 6.07) is 15.1. The Kier molecular flexibility index (Phi) is 8.69. The van der Waals surface area contributed by atoms with E-state index in [1.807, 2.05) is 54.6 Å². The molecule has 0 radical (unpaired) electrons. The van der Waals surface area contributed by atoms with Crippen molar-refractivity contribution in [2.24, 2.45) is 0 Å². The van der Waals surface area contributed by atoms with Crippen molar-refractivity contribution in [2.45, 2.75) is 25.7 Å². The maximum Gasteiger partial charge on any atom is 0.266 e. The summed E-state index contributed by atoms with van der Waals surface area (Å²) in [5.74, 6) is 0.708. The number of methoxy groups -OCH3 is 1. The Hall–Kier alpha value is -2.16. The van der Waals surface area contributed by atoms with E-state index in [0.29, 0.717) is 22.2 Å². The van der Waals surface area contributed by atoms with Gasteiger partial charge >= 0.3 is 0 Å². The van der Waals surface area contributed by atoms with Crippen molar-refractivity contribution in [3.63, 3.8) is 0 Å². The van der Waals surface area contributed by atoms with E-state index in [1.54, 1.807) is 12.0 Å². The molecule has 31 heavy (non-hydrogen) atoms. The lowest BCUT2D eigenvalue weighted by atomic mass is 10.1. The number of rotatable bonds is 9. The van der Waals surface area contributed by atoms with Crippen LogP contribution in [0, 0.1) is 0 Å². The van der Waals surface area contributed by atoms with Gasteiger partial charge < -0.3 is 10.1 Å². The smallest absolute Gasteiger partial charge is 0.266 e. The Morgan fingerprint density at radius 1 is 1.19 bits per heavy atom. The predicted molar refractivity (Wildman–Crippen MR) is 134 cm³/mol. The van der Waals surface area contributed by atoms with Gasteiger partial charge in [-0.05, 0) is 54.8 Å². The fourth-order valence-electron chi connectivity index (χ4n) is 3.07. The topological polar surface area (TPSA) is 58.6 Å². The molecule has 2 aromatic rings. The largest absolute Gasteiger partial charge is 0.497 e. The van der Waals surface area contributed by atoms with Crippen molar-refractivity contribution < 1.29 is 14.3 Å². The number of benzene rings is 2. The lowest BCUT2D eigenvalue weighted by Gasteiger charge is -2.14. The third-order valence-electron chi connectivity index (χ3n) is 4.68. The van der Waals surface area contributed by atoms with Gasteiger partial charge in [-0.25, -0.2) is 0 Å². The number of ether oxygens (including phenoxy) is 1. The van der Waals surface area contributed by atoms with Crippen molar-refractivity contribution in [3.8, 4) is 5.75 Å². The van der Waals surface area contributed by atoms with Crippen molar-refractivity contribution in [2.75, 3.05) is 19.0 Å². The average Bonchev–Trinajstić information content (AvgIpc) is 3.01. The maximum absolute atomic E-state index is 12.7. The van der Waals surface area contributed by atoms with Crippen LogP contribution in [0.2, 0.25) is 0 Å². The molecule has 1 saturated heterocycles. The van der Waals surface area contributed by atoms with Gasteiger partial charge in [0.1, 0.15) is 10.1 Å². The van der Waals surface area contributed by atoms with E-state index in [2.05, 4.69) is 21.2 Å². The molecule has 0 unspecified atom stereocenters. The van der Waals surface area contributed by atoms with E-state index >= 15 is 0 Å². The fourth-order valence-corrected chi connectivity index (χ4v) is 4.77. The van der Waals surface area contributed by atoms with Crippen LogP contribution >= 0.6 is 39.9 Å². The Morgan fingerprint density at radius 3 is 2.68 bits per heavy atom. The van der Waals surface area contributed by atoms with Gasteiger partial charge in [0.25, 0.3) is 5.91 Å². The lowest BCUT2D eigenvalue weighted by Crippen LogP contribution is -2.29. The first kappa shape index (κ1) is 23.5. The molecule has 162 valence electrons. The van der Waals surface area contributed by atoms with E-state index in [9.17, 15) is 9.59 Å². The van der Waals surface area contributed by atoms with E-state index in [-0.39, 0.29) is 11.8 Å². The number of halogens is 1. The van der Waals surface area contributed by atoms with Crippen LogP contribution in [-0.4, -0.2) is 34.7 Å². The van der Waals surface area contributed by atoms with Crippen LogP contribution in [0.25, 0.3) is 6.08 Å². The van der Waals surface area contributed by atoms with E-state index in [0.717, 1.165) is 40.7 Å². The van der Waals surface area contributed by atoms with Gasteiger partial charge in [0.2, 0.25) is 5.91 Å². The van der Waals surface area contributed by atoms with Gasteiger partial charge in [-0.2, -0.15) is 0 Å². The monoisotopic (exact) mass is 518 g/mol. The van der Waals surface area contributed by atoms with Crippen LogP contribution in [0.3, 0.4) is 0 Å². The molecule has 2 amide bonds. The normalized spacial score (nSPS) is 14.9. The zero-order valence-corrected chi connectivity index (χ0v) is 20.3. The second kappa shape index (κ2) is 11.5.